The highest BCUT2D eigenvalue weighted by Gasteiger charge is 2.16. The van der Waals surface area contributed by atoms with Gasteiger partial charge < -0.3 is 10.4 Å². The Hall–Kier alpha value is -0.710. The fraction of sp³-hybridized carbons (Fsp3) is 0.667. The van der Waals surface area contributed by atoms with Gasteiger partial charge in [-0.15, -0.1) is 11.8 Å². The summed E-state index contributed by atoms with van der Waals surface area (Å²) >= 11 is 1.09. The fourth-order valence-electron chi connectivity index (χ4n) is 0.470. The van der Waals surface area contributed by atoms with Crippen LogP contribution in [0, 0.1) is 0 Å². The molecule has 0 aromatic rings. The Kier molecular flexibility index (Phi) is 4.69. The number of hydrogen-bond acceptors (Lipinski definition) is 3. The van der Waals surface area contributed by atoms with Crippen LogP contribution in [0.1, 0.15) is 13.3 Å². The smallest absolute Gasteiger partial charge is 0.336 e. The Morgan fingerprint density at radius 2 is 2.18 bits per heavy atom. The SMILES string of the molecule is CCC(=O)NC(SC)C(=O)O. The second-order valence-corrected chi connectivity index (χ2v) is 2.82. The second-order valence-electron chi connectivity index (χ2n) is 1.88. The van der Waals surface area contributed by atoms with Gasteiger partial charge in [-0.1, -0.05) is 6.92 Å². The number of hydrogen-bond donors (Lipinski definition) is 2. The van der Waals surface area contributed by atoms with Crippen LogP contribution in [0.4, 0.5) is 0 Å². The van der Waals surface area contributed by atoms with Crippen molar-refractivity contribution in [2.45, 2.75) is 18.7 Å². The molecule has 1 unspecified atom stereocenters. The summed E-state index contributed by atoms with van der Waals surface area (Å²) in [5.41, 5.74) is 0. The predicted octanol–water partition coefficient (Wildman–Crippen LogP) is 0.286. The third-order valence-electron chi connectivity index (χ3n) is 1.07. The summed E-state index contributed by atoms with van der Waals surface area (Å²) in [5.74, 6) is -1.26. The molecule has 0 aliphatic carbocycles. The van der Waals surface area contributed by atoms with Crippen LogP contribution in [-0.4, -0.2) is 28.6 Å². The molecule has 2 N–H and O–H groups in total. The topological polar surface area (TPSA) is 66.4 Å². The van der Waals surface area contributed by atoms with Crippen molar-refractivity contribution < 1.29 is 14.7 Å². The summed E-state index contributed by atoms with van der Waals surface area (Å²) in [7, 11) is 0. The van der Waals surface area contributed by atoms with Gasteiger partial charge in [-0.05, 0) is 6.26 Å². The van der Waals surface area contributed by atoms with Gasteiger partial charge in [0.15, 0.2) is 5.37 Å². The van der Waals surface area contributed by atoms with Crippen LogP contribution in [0.3, 0.4) is 0 Å². The molecule has 0 spiro atoms. The quantitative estimate of drug-likeness (QED) is 0.605. The van der Waals surface area contributed by atoms with Crippen molar-refractivity contribution in [3.63, 3.8) is 0 Å². The van der Waals surface area contributed by atoms with E-state index in [9.17, 15) is 9.59 Å². The van der Waals surface area contributed by atoms with E-state index in [0.717, 1.165) is 11.8 Å². The molecule has 0 aromatic carbocycles. The number of carboxylic acid groups (broad SMARTS) is 1. The average molecular weight is 177 g/mol. The first-order chi connectivity index (χ1) is 5.11. The molecular weight excluding hydrogens is 166 g/mol. The van der Waals surface area contributed by atoms with Crippen LogP contribution in [0.2, 0.25) is 0 Å². The molecule has 11 heavy (non-hydrogen) atoms. The number of thioether (sulfide) groups is 1. The molecule has 0 aliphatic heterocycles. The van der Waals surface area contributed by atoms with Gasteiger partial charge in [0.1, 0.15) is 0 Å². The van der Waals surface area contributed by atoms with Crippen molar-refractivity contribution in [1.29, 1.82) is 0 Å². The van der Waals surface area contributed by atoms with E-state index in [1.807, 2.05) is 0 Å². The molecule has 0 saturated heterocycles. The minimum Gasteiger partial charge on any atom is -0.479 e. The number of rotatable bonds is 4. The van der Waals surface area contributed by atoms with Crippen molar-refractivity contribution in [1.82, 2.24) is 5.32 Å². The molecule has 5 heteroatoms. The number of amides is 1. The summed E-state index contributed by atoms with van der Waals surface area (Å²) in [6, 6.07) is 0. The van der Waals surface area contributed by atoms with Crippen molar-refractivity contribution >= 4 is 23.6 Å². The Labute approximate surface area is 69.4 Å². The van der Waals surface area contributed by atoms with Gasteiger partial charge in [-0.2, -0.15) is 0 Å². The number of carbonyl (C=O) groups is 2. The lowest BCUT2D eigenvalue weighted by atomic mass is 10.4. The van der Waals surface area contributed by atoms with Crippen molar-refractivity contribution in [2.75, 3.05) is 6.26 Å². The lowest BCUT2D eigenvalue weighted by Gasteiger charge is -2.09. The number of carbonyl (C=O) groups excluding carboxylic acids is 1. The molecule has 0 aliphatic rings. The Morgan fingerprint density at radius 1 is 1.64 bits per heavy atom. The zero-order chi connectivity index (χ0) is 8.85. The molecular formula is C6H11NO3S. The normalized spacial score (nSPS) is 12.2. The molecule has 0 rings (SSSR count). The minimum atomic E-state index is -1.01. The molecule has 0 saturated carbocycles. The summed E-state index contributed by atoms with van der Waals surface area (Å²) in [4.78, 5) is 21.0. The first-order valence-electron chi connectivity index (χ1n) is 3.16. The molecule has 0 bridgehead atoms. The van der Waals surface area contributed by atoms with Crippen molar-refractivity contribution in [3.05, 3.63) is 0 Å². The van der Waals surface area contributed by atoms with Crippen LogP contribution >= 0.6 is 11.8 Å². The van der Waals surface area contributed by atoms with E-state index in [0.29, 0.717) is 6.42 Å². The van der Waals surface area contributed by atoms with Gasteiger partial charge in [0.2, 0.25) is 5.91 Å². The summed E-state index contributed by atoms with van der Waals surface area (Å²) in [6.07, 6.45) is 1.94. The van der Waals surface area contributed by atoms with Gasteiger partial charge in [-0.25, -0.2) is 4.79 Å². The lowest BCUT2D eigenvalue weighted by Crippen LogP contribution is -2.37. The summed E-state index contributed by atoms with van der Waals surface area (Å²) < 4.78 is 0. The van der Waals surface area contributed by atoms with Gasteiger partial charge in [-0.3, -0.25) is 4.79 Å². The van der Waals surface area contributed by atoms with Gasteiger partial charge in [0.25, 0.3) is 0 Å². The van der Waals surface area contributed by atoms with Crippen LogP contribution < -0.4 is 5.32 Å². The van der Waals surface area contributed by atoms with Gasteiger partial charge >= 0.3 is 5.97 Å². The van der Waals surface area contributed by atoms with Crippen LogP contribution in [0.25, 0.3) is 0 Å². The van der Waals surface area contributed by atoms with E-state index < -0.39 is 11.3 Å². The first-order valence-corrected chi connectivity index (χ1v) is 4.45. The third kappa shape index (κ3) is 3.87. The van der Waals surface area contributed by atoms with E-state index in [1.165, 1.54) is 0 Å². The van der Waals surface area contributed by atoms with Crippen LogP contribution in [0.5, 0.6) is 0 Å². The molecule has 4 nitrogen and oxygen atoms in total. The molecule has 0 aromatic heterocycles. The summed E-state index contributed by atoms with van der Waals surface area (Å²) in [5, 5.41) is 10.0. The zero-order valence-corrected chi connectivity index (χ0v) is 7.27. The van der Waals surface area contributed by atoms with E-state index in [1.54, 1.807) is 13.2 Å². The van der Waals surface area contributed by atoms with E-state index >= 15 is 0 Å². The largest absolute Gasteiger partial charge is 0.479 e. The number of carboxylic acids is 1. The standard InChI is InChI=1S/C6H11NO3S/c1-3-4(8)7-5(11-2)6(9)10/h5H,3H2,1-2H3,(H,7,8)(H,9,10). The maximum absolute atomic E-state index is 10.7. The Bertz CT molecular complexity index is 160. The Balaban J connectivity index is 3.88. The van der Waals surface area contributed by atoms with Gasteiger partial charge in [0.05, 0.1) is 0 Å². The molecule has 64 valence electrons. The van der Waals surface area contributed by atoms with Crippen LogP contribution in [-0.2, 0) is 9.59 Å². The maximum Gasteiger partial charge on any atom is 0.336 e. The van der Waals surface area contributed by atoms with E-state index in [4.69, 9.17) is 5.11 Å². The second kappa shape index (κ2) is 5.01. The lowest BCUT2D eigenvalue weighted by molar-refractivity contribution is -0.139. The predicted molar refractivity (Wildman–Crippen MR) is 43.4 cm³/mol. The van der Waals surface area contributed by atoms with Crippen molar-refractivity contribution in [2.24, 2.45) is 0 Å². The van der Waals surface area contributed by atoms with E-state index in [-0.39, 0.29) is 5.91 Å². The maximum atomic E-state index is 10.7. The fourth-order valence-corrected chi connectivity index (χ4v) is 0.921. The van der Waals surface area contributed by atoms with E-state index in [2.05, 4.69) is 5.32 Å². The monoisotopic (exact) mass is 177 g/mol. The Morgan fingerprint density at radius 3 is 2.45 bits per heavy atom. The number of nitrogens with one attached hydrogen (secondary N) is 1. The number of aliphatic carboxylic acids is 1. The minimum absolute atomic E-state index is 0.244. The molecule has 0 radical (unpaired) electrons. The molecule has 1 atom stereocenters. The molecule has 0 fully saturated rings. The van der Waals surface area contributed by atoms with Gasteiger partial charge in [0, 0.05) is 6.42 Å². The third-order valence-corrected chi connectivity index (χ3v) is 1.86. The molecule has 1 amide bonds. The highest BCUT2D eigenvalue weighted by molar-refractivity contribution is 7.99. The summed E-state index contributed by atoms with van der Waals surface area (Å²) in [6.45, 7) is 1.68. The average Bonchev–Trinajstić information content (AvgIpc) is 1.99. The highest BCUT2D eigenvalue weighted by Crippen LogP contribution is 2.02. The first kappa shape index (κ1) is 10.3. The van der Waals surface area contributed by atoms with Crippen LogP contribution in [0.15, 0.2) is 0 Å². The van der Waals surface area contributed by atoms with Crippen molar-refractivity contribution in [3.8, 4) is 0 Å². The zero-order valence-electron chi connectivity index (χ0n) is 6.46. The highest BCUT2D eigenvalue weighted by atomic mass is 32.2. The molecule has 0 heterocycles.